The molecule has 0 aliphatic heterocycles. The van der Waals surface area contributed by atoms with Crippen LogP contribution >= 0.6 is 11.3 Å². The molecule has 0 saturated heterocycles. The van der Waals surface area contributed by atoms with Crippen molar-refractivity contribution >= 4 is 38.3 Å². The predicted molar refractivity (Wildman–Crippen MR) is 92.6 cm³/mol. The highest BCUT2D eigenvalue weighted by Crippen LogP contribution is 2.26. The van der Waals surface area contributed by atoms with Gasteiger partial charge in [0.05, 0.1) is 16.8 Å². The highest BCUT2D eigenvalue weighted by atomic mass is 32.1. The number of nitrogens with zero attached hydrogens (tertiary/aromatic N) is 1. The van der Waals surface area contributed by atoms with E-state index in [1.165, 1.54) is 23.5 Å². The number of fused-ring (bicyclic) bond motifs is 1. The SMILES string of the molecule is Cc1cccc(C)c1NC(=O)CNc1nc2ccc(F)cc2s1. The van der Waals surface area contributed by atoms with Crippen molar-refractivity contribution in [2.75, 3.05) is 17.2 Å². The molecule has 0 aliphatic rings. The largest absolute Gasteiger partial charge is 0.352 e. The fourth-order valence-electron chi connectivity index (χ4n) is 2.33. The van der Waals surface area contributed by atoms with E-state index in [4.69, 9.17) is 0 Å². The first-order valence-corrected chi connectivity index (χ1v) is 8.00. The molecule has 23 heavy (non-hydrogen) atoms. The van der Waals surface area contributed by atoms with Crippen LogP contribution in [0.2, 0.25) is 0 Å². The van der Waals surface area contributed by atoms with E-state index in [-0.39, 0.29) is 18.3 Å². The smallest absolute Gasteiger partial charge is 0.243 e. The van der Waals surface area contributed by atoms with Gasteiger partial charge in [-0.2, -0.15) is 0 Å². The molecule has 0 unspecified atom stereocenters. The Morgan fingerprint density at radius 3 is 2.70 bits per heavy atom. The first-order chi connectivity index (χ1) is 11.0. The number of hydrogen-bond donors (Lipinski definition) is 2. The van der Waals surface area contributed by atoms with Gasteiger partial charge in [-0.15, -0.1) is 0 Å². The number of nitrogens with one attached hydrogen (secondary N) is 2. The maximum Gasteiger partial charge on any atom is 0.243 e. The molecule has 0 atom stereocenters. The number of amides is 1. The van der Waals surface area contributed by atoms with Crippen molar-refractivity contribution in [3.8, 4) is 0 Å². The molecule has 2 aromatic carbocycles. The van der Waals surface area contributed by atoms with Gasteiger partial charge in [0.15, 0.2) is 5.13 Å². The van der Waals surface area contributed by atoms with Gasteiger partial charge in [0, 0.05) is 5.69 Å². The fourth-order valence-corrected chi connectivity index (χ4v) is 3.21. The van der Waals surface area contributed by atoms with Crippen LogP contribution in [0.5, 0.6) is 0 Å². The van der Waals surface area contributed by atoms with E-state index in [2.05, 4.69) is 15.6 Å². The Morgan fingerprint density at radius 2 is 1.96 bits per heavy atom. The molecular weight excluding hydrogens is 313 g/mol. The van der Waals surface area contributed by atoms with Gasteiger partial charge in [-0.05, 0) is 43.2 Å². The molecule has 0 aliphatic carbocycles. The molecule has 2 N–H and O–H groups in total. The Hall–Kier alpha value is -2.47. The number of thiazole rings is 1. The van der Waals surface area contributed by atoms with Crippen molar-refractivity contribution in [2.24, 2.45) is 0 Å². The first-order valence-electron chi connectivity index (χ1n) is 7.19. The number of hydrogen-bond acceptors (Lipinski definition) is 4. The summed E-state index contributed by atoms with van der Waals surface area (Å²) in [6.07, 6.45) is 0. The summed E-state index contributed by atoms with van der Waals surface area (Å²) in [5.41, 5.74) is 3.60. The maximum atomic E-state index is 13.2. The van der Waals surface area contributed by atoms with Gasteiger partial charge in [-0.25, -0.2) is 9.37 Å². The average molecular weight is 329 g/mol. The van der Waals surface area contributed by atoms with Crippen LogP contribution < -0.4 is 10.6 Å². The molecule has 4 nitrogen and oxygen atoms in total. The molecular formula is C17H16FN3OS. The minimum absolute atomic E-state index is 0.107. The average Bonchev–Trinajstić information content (AvgIpc) is 2.91. The summed E-state index contributed by atoms with van der Waals surface area (Å²) in [7, 11) is 0. The molecule has 3 aromatic rings. The summed E-state index contributed by atoms with van der Waals surface area (Å²) >= 11 is 1.32. The van der Waals surface area contributed by atoms with Crippen molar-refractivity contribution in [1.29, 1.82) is 0 Å². The lowest BCUT2D eigenvalue weighted by atomic mass is 10.1. The highest BCUT2D eigenvalue weighted by Gasteiger charge is 2.09. The Morgan fingerprint density at radius 1 is 1.22 bits per heavy atom. The Balaban J connectivity index is 1.66. The number of aromatic nitrogens is 1. The standard InChI is InChI=1S/C17H16FN3OS/c1-10-4-3-5-11(2)16(10)21-15(22)9-19-17-20-13-7-6-12(18)8-14(13)23-17/h3-8H,9H2,1-2H3,(H,19,20)(H,21,22). The zero-order chi connectivity index (χ0) is 16.4. The lowest BCUT2D eigenvalue weighted by molar-refractivity contribution is -0.114. The second kappa shape index (κ2) is 6.34. The number of benzene rings is 2. The van der Waals surface area contributed by atoms with E-state index in [1.807, 2.05) is 32.0 Å². The molecule has 6 heteroatoms. The van der Waals surface area contributed by atoms with Gasteiger partial charge in [0.25, 0.3) is 0 Å². The normalized spacial score (nSPS) is 10.7. The number of carbonyl (C=O) groups is 1. The zero-order valence-corrected chi connectivity index (χ0v) is 13.6. The van der Waals surface area contributed by atoms with Crippen LogP contribution in [0.15, 0.2) is 36.4 Å². The van der Waals surface area contributed by atoms with Gasteiger partial charge >= 0.3 is 0 Å². The van der Waals surface area contributed by atoms with Crippen LogP contribution in [0.4, 0.5) is 15.2 Å². The van der Waals surface area contributed by atoms with Gasteiger partial charge in [-0.1, -0.05) is 29.5 Å². The fraction of sp³-hybridized carbons (Fsp3) is 0.176. The molecule has 0 fully saturated rings. The third-order valence-corrected chi connectivity index (χ3v) is 4.47. The lowest BCUT2D eigenvalue weighted by Crippen LogP contribution is -2.22. The van der Waals surface area contributed by atoms with Gasteiger partial charge in [0.1, 0.15) is 5.82 Å². The predicted octanol–water partition coefficient (Wildman–Crippen LogP) is 4.10. The minimum atomic E-state index is -0.291. The van der Waals surface area contributed by atoms with Crippen molar-refractivity contribution in [1.82, 2.24) is 4.98 Å². The van der Waals surface area contributed by atoms with Crippen molar-refractivity contribution < 1.29 is 9.18 Å². The van der Waals surface area contributed by atoms with Crippen molar-refractivity contribution in [3.63, 3.8) is 0 Å². The van der Waals surface area contributed by atoms with E-state index in [0.717, 1.165) is 21.5 Å². The van der Waals surface area contributed by atoms with E-state index in [1.54, 1.807) is 6.07 Å². The van der Waals surface area contributed by atoms with Crippen LogP contribution in [-0.2, 0) is 4.79 Å². The molecule has 1 heterocycles. The minimum Gasteiger partial charge on any atom is -0.352 e. The van der Waals surface area contributed by atoms with Crippen LogP contribution in [0.3, 0.4) is 0 Å². The van der Waals surface area contributed by atoms with Crippen LogP contribution in [0, 0.1) is 19.7 Å². The Kier molecular flexibility index (Phi) is 4.25. The quantitative estimate of drug-likeness (QED) is 0.757. The number of carbonyl (C=O) groups excluding carboxylic acids is 1. The summed E-state index contributed by atoms with van der Waals surface area (Å²) in [5, 5.41) is 6.49. The Bertz CT molecular complexity index is 855. The third-order valence-electron chi connectivity index (χ3n) is 3.50. The van der Waals surface area contributed by atoms with E-state index >= 15 is 0 Å². The monoisotopic (exact) mass is 329 g/mol. The molecule has 0 spiro atoms. The molecule has 0 saturated carbocycles. The number of aryl methyl sites for hydroxylation is 2. The van der Waals surface area contributed by atoms with E-state index in [0.29, 0.717) is 10.6 Å². The number of rotatable bonds is 4. The Labute approximate surface area is 137 Å². The third kappa shape index (κ3) is 3.48. The molecule has 3 rings (SSSR count). The summed E-state index contributed by atoms with van der Waals surface area (Å²) in [6.45, 7) is 4.02. The second-order valence-corrected chi connectivity index (χ2v) is 6.33. The van der Waals surface area contributed by atoms with Crippen molar-refractivity contribution in [3.05, 3.63) is 53.3 Å². The number of para-hydroxylation sites is 1. The van der Waals surface area contributed by atoms with Crippen LogP contribution in [0.25, 0.3) is 10.2 Å². The molecule has 118 valence electrons. The maximum absolute atomic E-state index is 13.2. The highest BCUT2D eigenvalue weighted by molar-refractivity contribution is 7.22. The van der Waals surface area contributed by atoms with Gasteiger partial charge < -0.3 is 10.6 Å². The van der Waals surface area contributed by atoms with Crippen molar-refractivity contribution in [2.45, 2.75) is 13.8 Å². The number of halogens is 1. The summed E-state index contributed by atoms with van der Waals surface area (Å²) in [5.74, 6) is -0.437. The second-order valence-electron chi connectivity index (χ2n) is 5.30. The molecule has 0 bridgehead atoms. The first kappa shape index (κ1) is 15.4. The molecule has 0 radical (unpaired) electrons. The van der Waals surface area contributed by atoms with Gasteiger partial charge in [-0.3, -0.25) is 4.79 Å². The van der Waals surface area contributed by atoms with E-state index in [9.17, 15) is 9.18 Å². The summed E-state index contributed by atoms with van der Waals surface area (Å²) < 4.78 is 13.9. The molecule has 1 amide bonds. The number of anilines is 2. The van der Waals surface area contributed by atoms with Crippen LogP contribution in [-0.4, -0.2) is 17.4 Å². The van der Waals surface area contributed by atoms with Gasteiger partial charge in [0.2, 0.25) is 5.91 Å². The summed E-state index contributed by atoms with van der Waals surface area (Å²) in [4.78, 5) is 16.4. The van der Waals surface area contributed by atoms with E-state index < -0.39 is 0 Å². The zero-order valence-electron chi connectivity index (χ0n) is 12.8. The molecule has 1 aromatic heterocycles. The summed E-state index contributed by atoms with van der Waals surface area (Å²) in [6, 6.07) is 10.3. The topological polar surface area (TPSA) is 54.0 Å². The lowest BCUT2D eigenvalue weighted by Gasteiger charge is -2.11. The van der Waals surface area contributed by atoms with Crippen LogP contribution in [0.1, 0.15) is 11.1 Å².